The number of rotatable bonds is 4. The maximum atomic E-state index is 6.06. The van der Waals surface area contributed by atoms with Crippen molar-refractivity contribution in [3.63, 3.8) is 0 Å². The average Bonchev–Trinajstić information content (AvgIpc) is 2.82. The van der Waals surface area contributed by atoms with Crippen molar-refractivity contribution in [3.8, 4) is 0 Å². The molecule has 1 unspecified atom stereocenters. The summed E-state index contributed by atoms with van der Waals surface area (Å²) in [7, 11) is 1.97. The maximum Gasteiger partial charge on any atom is 0.0943 e. The van der Waals surface area contributed by atoms with Gasteiger partial charge < -0.3 is 5.32 Å². The Labute approximate surface area is 124 Å². The van der Waals surface area contributed by atoms with E-state index < -0.39 is 0 Å². The van der Waals surface area contributed by atoms with Gasteiger partial charge in [0.2, 0.25) is 0 Å². The quantitative estimate of drug-likeness (QED) is 0.816. The minimum Gasteiger partial charge on any atom is -0.313 e. The first kappa shape index (κ1) is 13.3. The number of thiazole rings is 1. The fourth-order valence-electron chi connectivity index (χ4n) is 1.68. The zero-order valence-corrected chi connectivity index (χ0v) is 13.0. The van der Waals surface area contributed by atoms with E-state index in [1.54, 1.807) is 11.3 Å². The van der Waals surface area contributed by atoms with E-state index in [1.807, 2.05) is 36.8 Å². The first-order chi connectivity index (χ1) is 8.20. The third-order valence-corrected chi connectivity index (χ3v) is 4.56. The Kier molecular flexibility index (Phi) is 4.78. The summed E-state index contributed by atoms with van der Waals surface area (Å²) in [4.78, 5) is 4.32. The molecule has 90 valence electrons. The van der Waals surface area contributed by atoms with Gasteiger partial charge in [-0.2, -0.15) is 0 Å². The van der Waals surface area contributed by atoms with E-state index in [2.05, 4.69) is 32.9 Å². The third kappa shape index (κ3) is 3.40. The van der Waals surface area contributed by atoms with E-state index in [9.17, 15) is 0 Å². The molecule has 2 rings (SSSR count). The molecule has 2 aromatic rings. The molecular formula is C12H12ClIN2S. The predicted octanol–water partition coefficient (Wildman–Crippen LogP) is 3.90. The molecule has 1 aromatic heterocycles. The maximum absolute atomic E-state index is 6.06. The van der Waals surface area contributed by atoms with E-state index in [4.69, 9.17) is 11.6 Å². The van der Waals surface area contributed by atoms with Gasteiger partial charge >= 0.3 is 0 Å². The van der Waals surface area contributed by atoms with Gasteiger partial charge in [-0.15, -0.1) is 11.3 Å². The number of nitrogens with zero attached hydrogens (tertiary/aromatic N) is 1. The van der Waals surface area contributed by atoms with Gasteiger partial charge in [0.1, 0.15) is 0 Å². The lowest BCUT2D eigenvalue weighted by Gasteiger charge is -2.17. The molecule has 0 saturated heterocycles. The van der Waals surface area contributed by atoms with Crippen LogP contribution in [0.5, 0.6) is 0 Å². The van der Waals surface area contributed by atoms with Crippen LogP contribution in [0.1, 0.15) is 16.6 Å². The molecular weight excluding hydrogens is 367 g/mol. The zero-order valence-electron chi connectivity index (χ0n) is 9.28. The molecule has 0 radical (unpaired) electrons. The summed E-state index contributed by atoms with van der Waals surface area (Å²) in [5.74, 6) is 0. The normalized spacial score (nSPS) is 12.6. The summed E-state index contributed by atoms with van der Waals surface area (Å²) >= 11 is 10.1. The molecule has 1 atom stereocenters. The first-order valence-electron chi connectivity index (χ1n) is 5.21. The van der Waals surface area contributed by atoms with E-state index in [0.717, 1.165) is 16.5 Å². The SMILES string of the molecule is CNC(Cc1nccs1)c1cc(Cl)ccc1I. The molecule has 0 bridgehead atoms. The molecule has 0 spiro atoms. The lowest BCUT2D eigenvalue weighted by atomic mass is 10.0. The summed E-state index contributed by atoms with van der Waals surface area (Å²) < 4.78 is 1.22. The number of aromatic nitrogens is 1. The van der Waals surface area contributed by atoms with Crippen LogP contribution in [0.3, 0.4) is 0 Å². The molecule has 5 heteroatoms. The Balaban J connectivity index is 2.25. The van der Waals surface area contributed by atoms with E-state index in [1.165, 1.54) is 9.13 Å². The number of benzene rings is 1. The third-order valence-electron chi connectivity index (χ3n) is 2.54. The Morgan fingerprint density at radius 2 is 2.35 bits per heavy atom. The standard InChI is InChI=1S/C12H12ClIN2S/c1-15-11(7-12-16-4-5-17-12)9-6-8(13)2-3-10(9)14/h2-6,11,15H,7H2,1H3. The van der Waals surface area contributed by atoms with Crippen LogP contribution in [0, 0.1) is 3.57 Å². The molecule has 0 aliphatic carbocycles. The summed E-state index contributed by atoms with van der Waals surface area (Å²) in [5.41, 5.74) is 1.23. The monoisotopic (exact) mass is 378 g/mol. The molecule has 17 heavy (non-hydrogen) atoms. The Bertz CT molecular complexity index is 487. The zero-order chi connectivity index (χ0) is 12.3. The topological polar surface area (TPSA) is 24.9 Å². The lowest BCUT2D eigenvalue weighted by molar-refractivity contribution is 0.588. The molecule has 0 amide bonds. The minimum atomic E-state index is 0.256. The summed E-state index contributed by atoms with van der Waals surface area (Å²) in [5, 5.41) is 7.25. The summed E-state index contributed by atoms with van der Waals surface area (Å²) in [6, 6.07) is 6.25. The highest BCUT2D eigenvalue weighted by atomic mass is 127. The van der Waals surface area contributed by atoms with Crippen molar-refractivity contribution in [1.29, 1.82) is 0 Å². The second kappa shape index (κ2) is 6.13. The van der Waals surface area contributed by atoms with Crippen molar-refractivity contribution in [1.82, 2.24) is 10.3 Å². The van der Waals surface area contributed by atoms with Crippen molar-refractivity contribution in [2.45, 2.75) is 12.5 Å². The highest BCUT2D eigenvalue weighted by Crippen LogP contribution is 2.26. The van der Waals surface area contributed by atoms with E-state index in [-0.39, 0.29) is 6.04 Å². The smallest absolute Gasteiger partial charge is 0.0943 e. The molecule has 0 aliphatic heterocycles. The van der Waals surface area contributed by atoms with Gasteiger partial charge in [-0.05, 0) is 53.4 Å². The van der Waals surface area contributed by atoms with Crippen molar-refractivity contribution >= 4 is 45.5 Å². The number of nitrogens with one attached hydrogen (secondary N) is 1. The summed E-state index contributed by atoms with van der Waals surface area (Å²) in [6.45, 7) is 0. The minimum absolute atomic E-state index is 0.256. The molecule has 0 fully saturated rings. The number of hydrogen-bond acceptors (Lipinski definition) is 3. The van der Waals surface area contributed by atoms with Gasteiger partial charge in [0.15, 0.2) is 0 Å². The van der Waals surface area contributed by atoms with Crippen molar-refractivity contribution in [2.24, 2.45) is 0 Å². The van der Waals surface area contributed by atoms with Gasteiger partial charge in [0, 0.05) is 32.6 Å². The van der Waals surface area contributed by atoms with Gasteiger partial charge in [-0.25, -0.2) is 4.98 Å². The van der Waals surface area contributed by atoms with E-state index >= 15 is 0 Å². The van der Waals surface area contributed by atoms with Crippen LogP contribution in [0.4, 0.5) is 0 Å². The van der Waals surface area contributed by atoms with Crippen LogP contribution >= 0.6 is 45.5 Å². The molecule has 0 aliphatic rings. The first-order valence-corrected chi connectivity index (χ1v) is 7.55. The van der Waals surface area contributed by atoms with Crippen LogP contribution in [-0.4, -0.2) is 12.0 Å². The molecule has 1 aromatic carbocycles. The van der Waals surface area contributed by atoms with Gasteiger partial charge in [0.05, 0.1) is 5.01 Å². The lowest BCUT2D eigenvalue weighted by Crippen LogP contribution is -2.19. The Morgan fingerprint density at radius 3 is 3.00 bits per heavy atom. The Morgan fingerprint density at radius 1 is 1.53 bits per heavy atom. The van der Waals surface area contributed by atoms with Crippen LogP contribution < -0.4 is 5.32 Å². The van der Waals surface area contributed by atoms with Crippen molar-refractivity contribution in [2.75, 3.05) is 7.05 Å². The van der Waals surface area contributed by atoms with Crippen molar-refractivity contribution in [3.05, 3.63) is 48.9 Å². The molecule has 1 N–H and O–H groups in total. The number of likely N-dealkylation sites (N-methyl/N-ethyl adjacent to an activating group) is 1. The fraction of sp³-hybridized carbons (Fsp3) is 0.250. The average molecular weight is 379 g/mol. The highest BCUT2D eigenvalue weighted by molar-refractivity contribution is 14.1. The second-order valence-electron chi connectivity index (χ2n) is 3.64. The molecule has 2 nitrogen and oxygen atoms in total. The number of hydrogen-bond donors (Lipinski definition) is 1. The van der Waals surface area contributed by atoms with Crippen molar-refractivity contribution < 1.29 is 0 Å². The van der Waals surface area contributed by atoms with E-state index in [0.29, 0.717) is 0 Å². The molecule has 0 saturated carbocycles. The second-order valence-corrected chi connectivity index (χ2v) is 6.21. The highest BCUT2D eigenvalue weighted by Gasteiger charge is 2.14. The number of halogens is 2. The van der Waals surface area contributed by atoms with Crippen LogP contribution in [0.2, 0.25) is 5.02 Å². The van der Waals surface area contributed by atoms with Gasteiger partial charge in [-0.3, -0.25) is 0 Å². The van der Waals surface area contributed by atoms with Crippen LogP contribution in [-0.2, 0) is 6.42 Å². The predicted molar refractivity (Wildman–Crippen MR) is 81.8 cm³/mol. The van der Waals surface area contributed by atoms with Crippen LogP contribution in [0.15, 0.2) is 29.8 Å². The Hall–Kier alpha value is -0.170. The largest absolute Gasteiger partial charge is 0.313 e. The summed E-state index contributed by atoms with van der Waals surface area (Å²) in [6.07, 6.45) is 2.74. The fourth-order valence-corrected chi connectivity index (χ4v) is 3.23. The van der Waals surface area contributed by atoms with Gasteiger partial charge in [-0.1, -0.05) is 11.6 Å². The van der Waals surface area contributed by atoms with Crippen LogP contribution in [0.25, 0.3) is 0 Å². The van der Waals surface area contributed by atoms with Gasteiger partial charge in [0.25, 0.3) is 0 Å². The molecule has 1 heterocycles.